The molecule has 3 rings (SSSR count). The highest BCUT2D eigenvalue weighted by Crippen LogP contribution is 2.23. The summed E-state index contributed by atoms with van der Waals surface area (Å²) >= 11 is 3.51. The number of aryl methyl sites for hydroxylation is 1. The number of ether oxygens (including phenoxy) is 1. The summed E-state index contributed by atoms with van der Waals surface area (Å²) in [6, 6.07) is 14.1. The summed E-state index contributed by atoms with van der Waals surface area (Å²) in [5.74, 6) is 0.930. The second-order valence-electron chi connectivity index (χ2n) is 6.65. The minimum Gasteiger partial charge on any atom is -0.497 e. The molecule has 138 valence electrons. The highest BCUT2D eigenvalue weighted by atomic mass is 79.9. The van der Waals surface area contributed by atoms with Crippen LogP contribution in [-0.2, 0) is 4.79 Å². The van der Waals surface area contributed by atoms with Crippen LogP contribution in [0.15, 0.2) is 46.9 Å². The van der Waals surface area contributed by atoms with Crippen LogP contribution in [-0.4, -0.2) is 45.7 Å². The van der Waals surface area contributed by atoms with Crippen molar-refractivity contribution in [2.75, 3.05) is 50.1 Å². The number of hydrogen-bond acceptors (Lipinski definition) is 3. The predicted molar refractivity (Wildman–Crippen MR) is 108 cm³/mol. The normalized spacial score (nSPS) is 15.0. The number of anilines is 2. The van der Waals surface area contributed by atoms with Gasteiger partial charge >= 0.3 is 0 Å². The van der Waals surface area contributed by atoms with Gasteiger partial charge < -0.3 is 19.9 Å². The van der Waals surface area contributed by atoms with Gasteiger partial charge in [0.15, 0.2) is 6.54 Å². The van der Waals surface area contributed by atoms with E-state index < -0.39 is 0 Å². The van der Waals surface area contributed by atoms with E-state index in [1.807, 2.05) is 37.3 Å². The van der Waals surface area contributed by atoms with Crippen molar-refractivity contribution in [2.45, 2.75) is 6.92 Å². The number of quaternary nitrogens is 1. The SMILES string of the molecule is COc1cccc(N2CC[NH+](CC(=O)Nc3ccc(C)cc3Br)CC2)c1. The highest BCUT2D eigenvalue weighted by molar-refractivity contribution is 9.10. The molecule has 1 heterocycles. The fourth-order valence-electron chi connectivity index (χ4n) is 3.21. The zero-order chi connectivity index (χ0) is 18.5. The van der Waals surface area contributed by atoms with Gasteiger partial charge in [0.25, 0.3) is 5.91 Å². The Morgan fingerprint density at radius 1 is 1.23 bits per heavy atom. The Morgan fingerprint density at radius 3 is 2.69 bits per heavy atom. The van der Waals surface area contributed by atoms with Crippen LogP contribution in [0.5, 0.6) is 5.75 Å². The maximum atomic E-state index is 12.4. The average molecular weight is 419 g/mol. The first-order valence-corrected chi connectivity index (χ1v) is 9.63. The Balaban J connectivity index is 1.51. The Bertz CT molecular complexity index is 773. The van der Waals surface area contributed by atoms with E-state index in [2.05, 4.69) is 38.3 Å². The van der Waals surface area contributed by atoms with Crippen LogP contribution >= 0.6 is 15.9 Å². The van der Waals surface area contributed by atoms with E-state index in [4.69, 9.17) is 4.74 Å². The summed E-state index contributed by atoms with van der Waals surface area (Å²) < 4.78 is 6.22. The van der Waals surface area contributed by atoms with Crippen LogP contribution in [0, 0.1) is 6.92 Å². The van der Waals surface area contributed by atoms with Gasteiger partial charge in [0.2, 0.25) is 0 Å². The molecule has 2 N–H and O–H groups in total. The highest BCUT2D eigenvalue weighted by Gasteiger charge is 2.22. The first-order chi connectivity index (χ1) is 12.5. The molecule has 1 amide bonds. The van der Waals surface area contributed by atoms with Crippen molar-refractivity contribution >= 4 is 33.2 Å². The number of benzene rings is 2. The molecule has 6 heteroatoms. The Morgan fingerprint density at radius 2 is 2.00 bits per heavy atom. The molecule has 2 aromatic rings. The van der Waals surface area contributed by atoms with E-state index in [-0.39, 0.29) is 5.91 Å². The monoisotopic (exact) mass is 418 g/mol. The predicted octanol–water partition coefficient (Wildman–Crippen LogP) is 2.11. The number of rotatable bonds is 5. The summed E-state index contributed by atoms with van der Waals surface area (Å²) in [4.78, 5) is 16.0. The van der Waals surface area contributed by atoms with Crippen molar-refractivity contribution in [3.63, 3.8) is 0 Å². The van der Waals surface area contributed by atoms with E-state index in [0.29, 0.717) is 6.54 Å². The van der Waals surface area contributed by atoms with Gasteiger partial charge in [-0.2, -0.15) is 0 Å². The van der Waals surface area contributed by atoms with Gasteiger partial charge in [0.1, 0.15) is 5.75 Å². The molecule has 0 atom stereocenters. The number of nitrogens with one attached hydrogen (secondary N) is 2. The molecule has 0 saturated carbocycles. The lowest BCUT2D eigenvalue weighted by molar-refractivity contribution is -0.892. The van der Waals surface area contributed by atoms with Gasteiger partial charge in [0.05, 0.1) is 39.0 Å². The molecule has 0 unspecified atom stereocenters. The van der Waals surface area contributed by atoms with Crippen molar-refractivity contribution in [3.05, 3.63) is 52.5 Å². The molecule has 0 aliphatic carbocycles. The molecule has 0 bridgehead atoms. The van der Waals surface area contributed by atoms with Gasteiger partial charge in [-0.15, -0.1) is 0 Å². The fraction of sp³-hybridized carbons (Fsp3) is 0.350. The zero-order valence-corrected chi connectivity index (χ0v) is 16.8. The number of piperazine rings is 1. The van der Waals surface area contributed by atoms with Gasteiger partial charge in [0, 0.05) is 16.2 Å². The minimum atomic E-state index is 0.0550. The number of carbonyl (C=O) groups is 1. The van der Waals surface area contributed by atoms with Crippen LogP contribution in [0.3, 0.4) is 0 Å². The molecule has 5 nitrogen and oxygen atoms in total. The first kappa shape index (κ1) is 18.7. The lowest BCUT2D eigenvalue weighted by atomic mass is 10.2. The third-order valence-corrected chi connectivity index (χ3v) is 5.35. The molecule has 1 fully saturated rings. The Labute approximate surface area is 163 Å². The largest absolute Gasteiger partial charge is 0.497 e. The molecular formula is C20H25BrN3O2+. The van der Waals surface area contributed by atoms with E-state index >= 15 is 0 Å². The van der Waals surface area contributed by atoms with E-state index in [0.717, 1.165) is 47.7 Å². The van der Waals surface area contributed by atoms with Crippen LogP contribution in [0.2, 0.25) is 0 Å². The maximum absolute atomic E-state index is 12.4. The number of amides is 1. The topological polar surface area (TPSA) is 46.0 Å². The summed E-state index contributed by atoms with van der Waals surface area (Å²) in [5.41, 5.74) is 3.17. The molecule has 0 spiro atoms. The first-order valence-electron chi connectivity index (χ1n) is 8.84. The maximum Gasteiger partial charge on any atom is 0.279 e. The van der Waals surface area contributed by atoms with Crippen LogP contribution in [0.25, 0.3) is 0 Å². The van der Waals surface area contributed by atoms with E-state index in [9.17, 15) is 4.79 Å². The van der Waals surface area contributed by atoms with E-state index in [1.165, 1.54) is 10.6 Å². The molecular weight excluding hydrogens is 394 g/mol. The molecule has 1 aliphatic rings. The summed E-state index contributed by atoms with van der Waals surface area (Å²) in [6.45, 7) is 6.28. The smallest absolute Gasteiger partial charge is 0.279 e. The van der Waals surface area contributed by atoms with Gasteiger partial charge in [-0.05, 0) is 52.7 Å². The van der Waals surface area contributed by atoms with Crippen molar-refractivity contribution in [1.82, 2.24) is 0 Å². The van der Waals surface area contributed by atoms with Crippen LogP contribution in [0.1, 0.15) is 5.56 Å². The van der Waals surface area contributed by atoms with Crippen molar-refractivity contribution in [1.29, 1.82) is 0 Å². The van der Waals surface area contributed by atoms with Gasteiger partial charge in [-0.25, -0.2) is 0 Å². The fourth-order valence-corrected chi connectivity index (χ4v) is 3.80. The lowest BCUT2D eigenvalue weighted by Gasteiger charge is -2.33. The molecule has 1 saturated heterocycles. The third-order valence-electron chi connectivity index (χ3n) is 4.70. The molecule has 0 aromatic heterocycles. The quantitative estimate of drug-likeness (QED) is 0.781. The second kappa shape index (κ2) is 8.56. The second-order valence-corrected chi connectivity index (χ2v) is 7.50. The zero-order valence-electron chi connectivity index (χ0n) is 15.2. The van der Waals surface area contributed by atoms with Crippen molar-refractivity contribution in [3.8, 4) is 5.75 Å². The molecule has 1 aliphatic heterocycles. The molecule has 0 radical (unpaired) electrons. The average Bonchev–Trinajstić information content (AvgIpc) is 2.65. The molecule has 2 aromatic carbocycles. The minimum absolute atomic E-state index is 0.0550. The van der Waals surface area contributed by atoms with Gasteiger partial charge in [-0.3, -0.25) is 4.79 Å². The van der Waals surface area contributed by atoms with Crippen molar-refractivity contribution < 1.29 is 14.4 Å². The number of nitrogens with zero attached hydrogens (tertiary/aromatic N) is 1. The van der Waals surface area contributed by atoms with Gasteiger partial charge in [-0.1, -0.05) is 12.1 Å². The number of carbonyl (C=O) groups excluding carboxylic acids is 1. The number of halogens is 1. The molecule has 26 heavy (non-hydrogen) atoms. The standard InChI is InChI=1S/C20H24BrN3O2/c1-15-6-7-19(18(21)12-15)22-20(25)14-23-8-10-24(11-9-23)16-4-3-5-17(13-16)26-2/h3-7,12-13H,8-11,14H2,1-2H3,(H,22,25)/p+1. The summed E-state index contributed by atoms with van der Waals surface area (Å²) in [7, 11) is 1.69. The van der Waals surface area contributed by atoms with E-state index in [1.54, 1.807) is 7.11 Å². The van der Waals surface area contributed by atoms with Crippen molar-refractivity contribution in [2.24, 2.45) is 0 Å². The number of hydrogen-bond donors (Lipinski definition) is 2. The van der Waals surface area contributed by atoms with Crippen LogP contribution < -0.4 is 19.9 Å². The Kier molecular flexibility index (Phi) is 6.16. The number of methoxy groups -OCH3 is 1. The summed E-state index contributed by atoms with van der Waals surface area (Å²) in [6.07, 6.45) is 0. The Hall–Kier alpha value is -2.05. The summed E-state index contributed by atoms with van der Waals surface area (Å²) in [5, 5.41) is 3.01. The lowest BCUT2D eigenvalue weighted by Crippen LogP contribution is -3.15. The van der Waals surface area contributed by atoms with Crippen LogP contribution in [0.4, 0.5) is 11.4 Å². The third kappa shape index (κ3) is 4.77.